The first-order chi connectivity index (χ1) is 13.1. The van der Waals surface area contributed by atoms with E-state index in [1.54, 1.807) is 3.59 Å². The van der Waals surface area contributed by atoms with Crippen molar-refractivity contribution in [2.75, 3.05) is 0 Å². The van der Waals surface area contributed by atoms with Gasteiger partial charge in [0.1, 0.15) is 0 Å². The van der Waals surface area contributed by atoms with Gasteiger partial charge < -0.3 is 0 Å². The van der Waals surface area contributed by atoms with Crippen molar-refractivity contribution in [3.63, 3.8) is 0 Å². The van der Waals surface area contributed by atoms with Crippen LogP contribution in [0, 0.1) is 0 Å². The normalized spacial score (nSPS) is 14.2. The molecule has 1 atom stereocenters. The predicted octanol–water partition coefficient (Wildman–Crippen LogP) is 8.60. The Kier molecular flexibility index (Phi) is 18.4. The van der Waals surface area contributed by atoms with Gasteiger partial charge in [-0.05, 0) is 0 Å². The van der Waals surface area contributed by atoms with Gasteiger partial charge in [-0.3, -0.25) is 0 Å². The van der Waals surface area contributed by atoms with Crippen molar-refractivity contribution in [3.8, 4) is 0 Å². The fourth-order valence-electron chi connectivity index (χ4n) is 4.36. The first-order valence-electron chi connectivity index (χ1n) is 12.1. The molecule has 1 nitrogen and oxygen atoms in total. The third-order valence-corrected chi connectivity index (χ3v) is 22.5. The quantitative estimate of drug-likeness (QED) is 0.117. The summed E-state index contributed by atoms with van der Waals surface area (Å²) in [5.74, 6) is 0. The fourth-order valence-corrected chi connectivity index (χ4v) is 22.0. The SMILES string of the molecule is CC=[C](C(O)CCC=CCCCCC)[Sn]([CH2]CCC)([CH2]CCC)[CH2]CCC. The van der Waals surface area contributed by atoms with Crippen molar-refractivity contribution in [1.82, 2.24) is 0 Å². The topological polar surface area (TPSA) is 20.2 Å². The Balaban J connectivity index is 5.02. The molecule has 0 aliphatic carbocycles. The van der Waals surface area contributed by atoms with Gasteiger partial charge in [0, 0.05) is 0 Å². The molecule has 0 heterocycles. The molecule has 0 bridgehead atoms. The molecular formula is C25H50OSn. The number of aliphatic hydroxyl groups is 1. The molecule has 0 fully saturated rings. The molecule has 0 aromatic rings. The summed E-state index contributed by atoms with van der Waals surface area (Å²) in [6, 6.07) is 0. The van der Waals surface area contributed by atoms with Crippen molar-refractivity contribution in [2.24, 2.45) is 0 Å². The van der Waals surface area contributed by atoms with Gasteiger partial charge in [-0.25, -0.2) is 0 Å². The summed E-state index contributed by atoms with van der Waals surface area (Å²) in [6.45, 7) is 11.4. The Morgan fingerprint density at radius 2 is 1.22 bits per heavy atom. The van der Waals surface area contributed by atoms with E-state index in [9.17, 15) is 5.11 Å². The molecule has 1 unspecified atom stereocenters. The first kappa shape index (κ1) is 27.2. The molecule has 0 spiro atoms. The minimum absolute atomic E-state index is 0.184. The molecule has 0 aromatic carbocycles. The van der Waals surface area contributed by atoms with Crippen LogP contribution in [0.2, 0.25) is 13.3 Å². The Labute approximate surface area is 176 Å². The van der Waals surface area contributed by atoms with Gasteiger partial charge in [0.25, 0.3) is 0 Å². The van der Waals surface area contributed by atoms with E-state index in [1.807, 2.05) is 0 Å². The molecule has 2 heteroatoms. The van der Waals surface area contributed by atoms with E-state index >= 15 is 0 Å². The third kappa shape index (κ3) is 11.7. The zero-order valence-electron chi connectivity index (χ0n) is 19.4. The average molecular weight is 485 g/mol. The number of hydrogen-bond acceptors (Lipinski definition) is 1. The molecule has 160 valence electrons. The van der Waals surface area contributed by atoms with Crippen LogP contribution in [-0.4, -0.2) is 29.6 Å². The number of rotatable bonds is 18. The molecule has 1 N–H and O–H groups in total. The maximum atomic E-state index is 11.1. The summed E-state index contributed by atoms with van der Waals surface area (Å²) in [4.78, 5) is 0. The van der Waals surface area contributed by atoms with E-state index in [4.69, 9.17) is 0 Å². The molecule has 0 aliphatic rings. The number of aliphatic hydroxyl groups excluding tert-OH is 1. The van der Waals surface area contributed by atoms with Gasteiger partial charge in [0.05, 0.1) is 0 Å². The number of allylic oxidation sites excluding steroid dienone is 3. The molecule has 0 aliphatic heterocycles. The fraction of sp³-hybridized carbons (Fsp3) is 0.840. The van der Waals surface area contributed by atoms with Crippen molar-refractivity contribution in [2.45, 2.75) is 131 Å². The molecule has 0 aromatic heterocycles. The molecule has 0 amide bonds. The molecule has 27 heavy (non-hydrogen) atoms. The van der Waals surface area contributed by atoms with E-state index in [0.29, 0.717) is 0 Å². The monoisotopic (exact) mass is 486 g/mol. The van der Waals surface area contributed by atoms with Crippen LogP contribution in [-0.2, 0) is 0 Å². The van der Waals surface area contributed by atoms with Crippen molar-refractivity contribution in [3.05, 3.63) is 21.8 Å². The summed E-state index contributed by atoms with van der Waals surface area (Å²) in [6.07, 6.45) is 21.9. The summed E-state index contributed by atoms with van der Waals surface area (Å²) in [7, 11) is 0. The van der Waals surface area contributed by atoms with Crippen molar-refractivity contribution in [1.29, 1.82) is 0 Å². The van der Waals surface area contributed by atoms with Gasteiger partial charge in [-0.15, -0.1) is 0 Å². The molecular weight excluding hydrogens is 435 g/mol. The predicted molar refractivity (Wildman–Crippen MR) is 127 cm³/mol. The summed E-state index contributed by atoms with van der Waals surface area (Å²) in [5, 5.41) is 11.1. The van der Waals surface area contributed by atoms with E-state index in [0.717, 1.165) is 12.8 Å². The van der Waals surface area contributed by atoms with Crippen molar-refractivity contribution >= 4 is 18.4 Å². The molecule has 0 radical (unpaired) electrons. The van der Waals surface area contributed by atoms with Crippen LogP contribution < -0.4 is 0 Å². The second-order valence-electron chi connectivity index (χ2n) is 8.40. The van der Waals surface area contributed by atoms with Gasteiger partial charge in [-0.2, -0.15) is 0 Å². The maximum absolute atomic E-state index is 11.1. The van der Waals surface area contributed by atoms with E-state index in [2.05, 4.69) is 52.8 Å². The summed E-state index contributed by atoms with van der Waals surface area (Å²) < 4.78 is 5.91. The molecule has 0 rings (SSSR count). The minimum atomic E-state index is -2.46. The van der Waals surface area contributed by atoms with Crippen LogP contribution in [0.1, 0.15) is 112 Å². The zero-order chi connectivity index (χ0) is 20.4. The van der Waals surface area contributed by atoms with Crippen LogP contribution in [0.15, 0.2) is 21.8 Å². The Hall–Kier alpha value is 0.239. The van der Waals surface area contributed by atoms with Gasteiger partial charge in [0.15, 0.2) is 0 Å². The van der Waals surface area contributed by atoms with Gasteiger partial charge in [0.2, 0.25) is 0 Å². The second kappa shape index (κ2) is 18.3. The van der Waals surface area contributed by atoms with Crippen LogP contribution >= 0.6 is 0 Å². The number of hydrogen-bond donors (Lipinski definition) is 1. The van der Waals surface area contributed by atoms with Gasteiger partial charge in [-0.1, -0.05) is 0 Å². The molecule has 0 saturated heterocycles. The van der Waals surface area contributed by atoms with Crippen molar-refractivity contribution < 1.29 is 5.11 Å². The Morgan fingerprint density at radius 3 is 1.67 bits per heavy atom. The Morgan fingerprint density at radius 1 is 0.741 bits per heavy atom. The zero-order valence-corrected chi connectivity index (χ0v) is 22.2. The summed E-state index contributed by atoms with van der Waals surface area (Å²) >= 11 is -2.46. The molecule has 0 saturated carbocycles. The number of unbranched alkanes of at least 4 members (excludes halogenated alkanes) is 6. The van der Waals surface area contributed by atoms with Crippen LogP contribution in [0.4, 0.5) is 0 Å². The van der Waals surface area contributed by atoms with Gasteiger partial charge >= 0.3 is 176 Å². The Bertz CT molecular complexity index is 364. The average Bonchev–Trinajstić information content (AvgIpc) is 2.68. The van der Waals surface area contributed by atoms with Crippen LogP contribution in [0.3, 0.4) is 0 Å². The van der Waals surface area contributed by atoms with E-state index in [1.165, 1.54) is 77.5 Å². The van der Waals surface area contributed by atoms with E-state index in [-0.39, 0.29) is 6.10 Å². The first-order valence-corrected chi connectivity index (χ1v) is 19.6. The summed E-state index contributed by atoms with van der Waals surface area (Å²) in [5.41, 5.74) is 0. The van der Waals surface area contributed by atoms with Crippen LogP contribution in [0.25, 0.3) is 0 Å². The van der Waals surface area contributed by atoms with E-state index < -0.39 is 18.4 Å². The third-order valence-electron chi connectivity index (χ3n) is 6.06. The second-order valence-corrected chi connectivity index (χ2v) is 21.6. The standard InChI is InChI=1S/C13H23O.3C4H9.Sn/c1-3-5-6-7-8-9-10-12-13(14)11-4-2;3*1-3-4-2;/h4,8-9,13-14H,3,5-7,10,12H2,1-2H3;3*1,3-4H2,2H3;. The van der Waals surface area contributed by atoms with Crippen LogP contribution in [0.5, 0.6) is 0 Å².